The molecule has 0 radical (unpaired) electrons. The van der Waals surface area contributed by atoms with Gasteiger partial charge in [0.2, 0.25) is 5.60 Å². The lowest BCUT2D eigenvalue weighted by Crippen LogP contribution is -2.59. The number of hydrogen-bond acceptors (Lipinski definition) is 4. The summed E-state index contributed by atoms with van der Waals surface area (Å²) in [4.78, 5) is 18.2. The van der Waals surface area contributed by atoms with E-state index in [1.54, 1.807) is 12.1 Å². The molecule has 168 valence electrons. The van der Waals surface area contributed by atoms with Crippen LogP contribution in [0, 0.1) is 11.8 Å². The van der Waals surface area contributed by atoms with Gasteiger partial charge in [-0.05, 0) is 62.3 Å². The van der Waals surface area contributed by atoms with Crippen molar-refractivity contribution < 1.29 is 23.1 Å². The Morgan fingerprint density at radius 2 is 1.94 bits per heavy atom. The van der Waals surface area contributed by atoms with Crippen molar-refractivity contribution in [3.8, 4) is 11.4 Å². The number of carbonyl (C=O) groups excluding carboxylic acids is 1. The summed E-state index contributed by atoms with van der Waals surface area (Å²) in [5.41, 5.74) is -2.75. The molecule has 2 N–H and O–H groups in total. The molecule has 10 heteroatoms. The van der Waals surface area contributed by atoms with Gasteiger partial charge in [-0.25, -0.2) is 4.98 Å². The van der Waals surface area contributed by atoms with Crippen LogP contribution in [0.3, 0.4) is 0 Å². The first-order valence-corrected chi connectivity index (χ1v) is 10.6. The molecule has 1 aromatic carbocycles. The van der Waals surface area contributed by atoms with Gasteiger partial charge in [-0.1, -0.05) is 18.5 Å². The van der Waals surface area contributed by atoms with Gasteiger partial charge in [0.15, 0.2) is 5.82 Å². The molecule has 31 heavy (non-hydrogen) atoms. The van der Waals surface area contributed by atoms with E-state index in [0.717, 1.165) is 29.1 Å². The summed E-state index contributed by atoms with van der Waals surface area (Å²) in [6.45, 7) is 2.78. The van der Waals surface area contributed by atoms with E-state index in [1.807, 2.05) is 19.1 Å². The van der Waals surface area contributed by atoms with E-state index >= 15 is 0 Å². The van der Waals surface area contributed by atoms with Crippen LogP contribution < -0.4 is 0 Å². The number of benzene rings is 1. The molecule has 2 heterocycles. The Balaban J connectivity index is 1.49. The van der Waals surface area contributed by atoms with Gasteiger partial charge in [-0.3, -0.25) is 9.89 Å². The van der Waals surface area contributed by atoms with Gasteiger partial charge in [0.05, 0.1) is 0 Å². The van der Waals surface area contributed by atoms with Crippen LogP contribution in [-0.2, 0) is 10.2 Å². The highest BCUT2D eigenvalue weighted by Gasteiger charge is 2.59. The molecule has 0 spiro atoms. The number of piperidine rings is 1. The zero-order valence-corrected chi connectivity index (χ0v) is 18.0. The molecular formula is C21H24ClF3N4O2. The average molecular weight is 457 g/mol. The number of hydrogen-bond donors (Lipinski definition) is 2. The first-order valence-electron chi connectivity index (χ1n) is 10.2. The zero-order valence-electron chi connectivity index (χ0n) is 17.2. The van der Waals surface area contributed by atoms with Crippen LogP contribution in [-0.4, -0.2) is 56.0 Å². The number of aliphatic hydroxyl groups is 1. The second-order valence-corrected chi connectivity index (χ2v) is 9.30. The standard InChI is InChI=1S/C21H24ClF3N4O2/c1-12-11-29(18(30)19(2,31)21(23,24)25)10-7-15(12)20(8-9-20)17-26-16(27-28-17)13-3-5-14(22)6-4-13/h3-6,12,15,31H,7-11H2,1-2H3,(H,26,27,28)/t12-,15+,19?/m1/s1. The van der Waals surface area contributed by atoms with Crippen LogP contribution in [0.5, 0.6) is 0 Å². The second-order valence-electron chi connectivity index (χ2n) is 8.86. The van der Waals surface area contributed by atoms with E-state index in [1.165, 1.54) is 0 Å². The van der Waals surface area contributed by atoms with Gasteiger partial charge in [0.25, 0.3) is 5.91 Å². The number of carbonyl (C=O) groups is 1. The summed E-state index contributed by atoms with van der Waals surface area (Å²) in [5.74, 6) is 0.155. The van der Waals surface area contributed by atoms with Crippen LogP contribution in [0.2, 0.25) is 5.02 Å². The molecular weight excluding hydrogens is 433 g/mol. The Hall–Kier alpha value is -2.13. The number of rotatable bonds is 4. The molecule has 1 aromatic heterocycles. The first-order chi connectivity index (χ1) is 14.5. The van der Waals surface area contributed by atoms with Gasteiger partial charge < -0.3 is 10.0 Å². The first kappa shape index (κ1) is 22.1. The van der Waals surface area contributed by atoms with E-state index < -0.39 is 17.7 Å². The van der Waals surface area contributed by atoms with Crippen LogP contribution in [0.4, 0.5) is 13.2 Å². The number of amides is 1. The van der Waals surface area contributed by atoms with Crippen molar-refractivity contribution in [3.63, 3.8) is 0 Å². The number of nitrogens with zero attached hydrogens (tertiary/aromatic N) is 3. The molecule has 0 bridgehead atoms. The summed E-state index contributed by atoms with van der Waals surface area (Å²) in [5, 5.41) is 17.8. The molecule has 1 amide bonds. The van der Waals surface area contributed by atoms with Gasteiger partial charge in [0, 0.05) is 29.1 Å². The normalized spacial score (nSPS) is 25.2. The maximum absolute atomic E-state index is 13.1. The van der Waals surface area contributed by atoms with Crippen molar-refractivity contribution in [1.29, 1.82) is 0 Å². The highest BCUT2D eigenvalue weighted by molar-refractivity contribution is 6.30. The number of H-pyrrole nitrogens is 1. The smallest absolute Gasteiger partial charge is 0.373 e. The fourth-order valence-corrected chi connectivity index (χ4v) is 4.84. The van der Waals surface area contributed by atoms with Crippen LogP contribution >= 0.6 is 11.6 Å². The highest BCUT2D eigenvalue weighted by Crippen LogP contribution is 2.57. The van der Waals surface area contributed by atoms with Crippen molar-refractivity contribution >= 4 is 17.5 Å². The number of aromatic nitrogens is 3. The van der Waals surface area contributed by atoms with Crippen molar-refractivity contribution in [2.75, 3.05) is 13.1 Å². The quantitative estimate of drug-likeness (QED) is 0.729. The summed E-state index contributed by atoms with van der Waals surface area (Å²) in [6.07, 6.45) is -2.66. The van der Waals surface area contributed by atoms with Gasteiger partial charge in [-0.2, -0.15) is 18.3 Å². The minimum atomic E-state index is -5.01. The maximum atomic E-state index is 13.1. The molecule has 1 aliphatic carbocycles. The van der Waals surface area contributed by atoms with Gasteiger partial charge in [0.1, 0.15) is 5.82 Å². The topological polar surface area (TPSA) is 82.1 Å². The third-order valence-electron chi connectivity index (χ3n) is 6.72. The molecule has 4 rings (SSSR count). The number of aromatic amines is 1. The molecule has 2 aliphatic rings. The summed E-state index contributed by atoms with van der Waals surface area (Å²) >= 11 is 5.94. The lowest BCUT2D eigenvalue weighted by molar-refractivity contribution is -0.251. The third-order valence-corrected chi connectivity index (χ3v) is 6.97. The monoisotopic (exact) mass is 456 g/mol. The lowest BCUT2D eigenvalue weighted by atomic mass is 9.74. The predicted molar refractivity (Wildman–Crippen MR) is 108 cm³/mol. The van der Waals surface area contributed by atoms with Crippen molar-refractivity contribution in [1.82, 2.24) is 20.1 Å². The molecule has 1 aliphatic heterocycles. The number of nitrogens with one attached hydrogen (secondary N) is 1. The van der Waals surface area contributed by atoms with Crippen molar-refractivity contribution in [3.05, 3.63) is 35.1 Å². The predicted octanol–water partition coefficient (Wildman–Crippen LogP) is 3.95. The third kappa shape index (κ3) is 3.82. The molecule has 2 aromatic rings. The largest absolute Gasteiger partial charge is 0.426 e. The SMILES string of the molecule is C[C@@H]1CN(C(=O)C(C)(O)C(F)(F)F)CC[C@@H]1C1(c2nc(-c3ccc(Cl)cc3)n[nH]2)CC1. The Morgan fingerprint density at radius 3 is 2.48 bits per heavy atom. The number of alkyl halides is 3. The fraction of sp³-hybridized carbons (Fsp3) is 0.571. The minimum Gasteiger partial charge on any atom is -0.373 e. The molecule has 2 fully saturated rings. The van der Waals surface area contributed by atoms with Gasteiger partial charge in [-0.15, -0.1) is 0 Å². The van der Waals surface area contributed by atoms with Crippen molar-refractivity contribution in [2.24, 2.45) is 11.8 Å². The van der Waals surface area contributed by atoms with E-state index in [2.05, 4.69) is 10.2 Å². The minimum absolute atomic E-state index is 0.0479. The average Bonchev–Trinajstić information content (AvgIpc) is 3.35. The molecule has 3 atom stereocenters. The Labute approximate surface area is 182 Å². The van der Waals surface area contributed by atoms with Crippen molar-refractivity contribution in [2.45, 2.75) is 50.3 Å². The van der Waals surface area contributed by atoms with Crippen LogP contribution in [0.15, 0.2) is 24.3 Å². The molecule has 1 saturated carbocycles. The Kier molecular flexibility index (Phi) is 5.33. The molecule has 1 unspecified atom stereocenters. The number of likely N-dealkylation sites (tertiary alicyclic amines) is 1. The maximum Gasteiger partial charge on any atom is 0.426 e. The fourth-order valence-electron chi connectivity index (χ4n) is 4.71. The van der Waals surface area contributed by atoms with E-state index in [4.69, 9.17) is 16.6 Å². The summed E-state index contributed by atoms with van der Waals surface area (Å²) in [7, 11) is 0. The summed E-state index contributed by atoms with van der Waals surface area (Å²) < 4.78 is 39.2. The Morgan fingerprint density at radius 1 is 1.29 bits per heavy atom. The highest BCUT2D eigenvalue weighted by atomic mass is 35.5. The zero-order chi connectivity index (χ0) is 22.6. The van der Waals surface area contributed by atoms with E-state index in [0.29, 0.717) is 24.2 Å². The molecule has 1 saturated heterocycles. The van der Waals surface area contributed by atoms with Crippen LogP contribution in [0.1, 0.15) is 38.9 Å². The lowest BCUT2D eigenvalue weighted by Gasteiger charge is -2.42. The second kappa shape index (κ2) is 7.48. The Bertz CT molecular complexity index is 970. The van der Waals surface area contributed by atoms with Gasteiger partial charge >= 0.3 is 6.18 Å². The van der Waals surface area contributed by atoms with E-state index in [-0.39, 0.29) is 30.3 Å². The van der Waals surface area contributed by atoms with Crippen LogP contribution in [0.25, 0.3) is 11.4 Å². The van der Waals surface area contributed by atoms with E-state index in [9.17, 15) is 23.1 Å². The number of halogens is 4. The molecule has 6 nitrogen and oxygen atoms in total. The summed E-state index contributed by atoms with van der Waals surface area (Å²) in [6, 6.07) is 7.22.